The second-order valence-electron chi connectivity index (χ2n) is 9.08. The zero-order valence-electron chi connectivity index (χ0n) is 19.0. The molecule has 162 valence electrons. The fraction of sp³-hybridized carbons (Fsp3) is 0.0645. The molecule has 1 aliphatic rings. The summed E-state index contributed by atoms with van der Waals surface area (Å²) < 4.78 is 2.66. The molecule has 1 aliphatic heterocycles. The third-order valence-corrected chi connectivity index (χ3v) is 8.06. The highest BCUT2D eigenvalue weighted by molar-refractivity contribution is 7.25. The first kappa shape index (κ1) is 19.5. The van der Waals surface area contributed by atoms with Gasteiger partial charge in [-0.1, -0.05) is 48.5 Å². The summed E-state index contributed by atoms with van der Waals surface area (Å²) in [5.41, 5.74) is 11.9. The van der Waals surface area contributed by atoms with Crippen molar-refractivity contribution in [1.82, 2.24) is 4.98 Å². The van der Waals surface area contributed by atoms with Gasteiger partial charge in [0.05, 0.1) is 5.69 Å². The minimum Gasteiger partial charge on any atom is -0.354 e. The highest BCUT2D eigenvalue weighted by Crippen LogP contribution is 2.47. The molecule has 0 spiro atoms. The molecule has 0 radical (unpaired) electrons. The number of aryl methyl sites for hydroxylation is 1. The topological polar surface area (TPSA) is 24.9 Å². The number of hydrogen-bond acceptors (Lipinski definition) is 3. The third kappa shape index (κ3) is 2.91. The molecule has 0 unspecified atom stereocenters. The zero-order valence-corrected chi connectivity index (χ0v) is 19.8. The van der Waals surface area contributed by atoms with Crippen LogP contribution in [0.15, 0.2) is 91.1 Å². The number of hydrogen-bond donors (Lipinski definition) is 1. The molecule has 2 bridgehead atoms. The molecule has 1 N–H and O–H groups in total. The molecule has 0 atom stereocenters. The number of nitrogens with zero attached hydrogens (tertiary/aromatic N) is 1. The quantitative estimate of drug-likeness (QED) is 0.267. The average Bonchev–Trinajstić information content (AvgIpc) is 3.22. The van der Waals surface area contributed by atoms with Crippen LogP contribution in [0.3, 0.4) is 0 Å². The van der Waals surface area contributed by atoms with E-state index in [1.165, 1.54) is 53.6 Å². The smallest absolute Gasteiger partial charge is 0.0702 e. The van der Waals surface area contributed by atoms with Gasteiger partial charge in [-0.15, -0.1) is 11.3 Å². The van der Waals surface area contributed by atoms with Crippen molar-refractivity contribution in [3.05, 3.63) is 102 Å². The highest BCUT2D eigenvalue weighted by atomic mass is 32.1. The summed E-state index contributed by atoms with van der Waals surface area (Å²) in [6.07, 6.45) is 1.93. The Morgan fingerprint density at radius 2 is 1.47 bits per heavy atom. The van der Waals surface area contributed by atoms with E-state index in [0.717, 1.165) is 22.6 Å². The maximum atomic E-state index is 4.67. The summed E-state index contributed by atoms with van der Waals surface area (Å²) in [6.45, 7) is 4.32. The Hall–Kier alpha value is -3.95. The fourth-order valence-electron chi connectivity index (χ4n) is 5.14. The van der Waals surface area contributed by atoms with Crippen LogP contribution >= 0.6 is 11.3 Å². The summed E-state index contributed by atoms with van der Waals surface area (Å²) in [5, 5.41) is 6.43. The van der Waals surface area contributed by atoms with Crippen molar-refractivity contribution in [2.24, 2.45) is 0 Å². The molecule has 3 heterocycles. The summed E-state index contributed by atoms with van der Waals surface area (Å²) in [4.78, 5) is 4.67. The highest BCUT2D eigenvalue weighted by Gasteiger charge is 2.20. The van der Waals surface area contributed by atoms with Gasteiger partial charge in [-0.3, -0.25) is 4.98 Å². The van der Waals surface area contributed by atoms with Crippen LogP contribution in [0.4, 0.5) is 11.4 Å². The summed E-state index contributed by atoms with van der Waals surface area (Å²) in [7, 11) is 0. The lowest BCUT2D eigenvalue weighted by molar-refractivity contribution is 1.27. The Labute approximate surface area is 202 Å². The molecular formula is C31H22N2S. The van der Waals surface area contributed by atoms with Crippen molar-refractivity contribution in [3.8, 4) is 33.5 Å². The Balaban J connectivity index is 1.49. The lowest BCUT2D eigenvalue weighted by Crippen LogP contribution is -2.02. The minimum atomic E-state index is 0.996. The van der Waals surface area contributed by atoms with E-state index in [2.05, 4.69) is 109 Å². The molecule has 2 nitrogen and oxygen atoms in total. The van der Waals surface area contributed by atoms with Gasteiger partial charge in [0.25, 0.3) is 0 Å². The lowest BCUT2D eigenvalue weighted by atomic mass is 9.88. The Kier molecular flexibility index (Phi) is 4.18. The molecule has 0 saturated carbocycles. The molecular weight excluding hydrogens is 432 g/mol. The van der Waals surface area contributed by atoms with Gasteiger partial charge in [0.15, 0.2) is 0 Å². The van der Waals surface area contributed by atoms with Gasteiger partial charge in [-0.05, 0) is 72.5 Å². The van der Waals surface area contributed by atoms with Crippen LogP contribution in [0.1, 0.15) is 11.1 Å². The number of aromatic nitrogens is 1. The molecule has 34 heavy (non-hydrogen) atoms. The Morgan fingerprint density at radius 3 is 2.29 bits per heavy atom. The molecule has 0 saturated heterocycles. The SMILES string of the molecule is Cc1ccc(-c2ccc3c(c2)-c2cccc(c2C)-c2cc4sc5ccccc5c4cc2N3)nc1. The lowest BCUT2D eigenvalue weighted by Gasteiger charge is -2.23. The van der Waals surface area contributed by atoms with Gasteiger partial charge in [-0.25, -0.2) is 0 Å². The van der Waals surface area contributed by atoms with E-state index in [4.69, 9.17) is 0 Å². The molecule has 3 heteroatoms. The normalized spacial score (nSPS) is 12.1. The average molecular weight is 455 g/mol. The van der Waals surface area contributed by atoms with Gasteiger partial charge in [0, 0.05) is 54.4 Å². The zero-order chi connectivity index (χ0) is 22.8. The van der Waals surface area contributed by atoms with Crippen molar-refractivity contribution in [3.63, 3.8) is 0 Å². The monoisotopic (exact) mass is 454 g/mol. The van der Waals surface area contributed by atoms with E-state index >= 15 is 0 Å². The Morgan fingerprint density at radius 1 is 0.647 bits per heavy atom. The number of anilines is 2. The first-order chi connectivity index (χ1) is 16.7. The molecule has 6 aromatic rings. The van der Waals surface area contributed by atoms with Gasteiger partial charge >= 0.3 is 0 Å². The standard InChI is InChI=1S/C31H22N2S/c1-18-10-12-27(32-17-18)20-11-13-28-24(14-20)21-7-5-8-22(19(21)2)25-16-31-26(15-29(25)33-28)23-6-3-4-9-30(23)34-31/h3-17,33H,1-2H3. The number of benzene rings is 4. The van der Waals surface area contributed by atoms with E-state index in [-0.39, 0.29) is 0 Å². The Bertz CT molecular complexity index is 1740. The molecule has 0 aliphatic carbocycles. The van der Waals surface area contributed by atoms with Crippen LogP contribution in [0.5, 0.6) is 0 Å². The second kappa shape index (κ2) is 7.28. The number of nitrogens with one attached hydrogen (secondary N) is 1. The van der Waals surface area contributed by atoms with E-state index in [9.17, 15) is 0 Å². The van der Waals surface area contributed by atoms with E-state index in [1.807, 2.05) is 17.5 Å². The van der Waals surface area contributed by atoms with E-state index in [1.54, 1.807) is 0 Å². The van der Waals surface area contributed by atoms with Gasteiger partial charge < -0.3 is 5.32 Å². The van der Waals surface area contributed by atoms with Crippen molar-refractivity contribution < 1.29 is 0 Å². The van der Waals surface area contributed by atoms with Crippen LogP contribution in [0.2, 0.25) is 0 Å². The van der Waals surface area contributed by atoms with Crippen LogP contribution in [-0.2, 0) is 0 Å². The van der Waals surface area contributed by atoms with Gasteiger partial charge in [0.2, 0.25) is 0 Å². The largest absolute Gasteiger partial charge is 0.354 e. The first-order valence-corrected chi connectivity index (χ1v) is 12.4. The van der Waals surface area contributed by atoms with Gasteiger partial charge in [-0.2, -0.15) is 0 Å². The third-order valence-electron chi connectivity index (χ3n) is 6.93. The summed E-state index contributed by atoms with van der Waals surface area (Å²) in [6, 6.07) is 30.9. The summed E-state index contributed by atoms with van der Waals surface area (Å²) in [5.74, 6) is 0. The van der Waals surface area contributed by atoms with E-state index < -0.39 is 0 Å². The second-order valence-corrected chi connectivity index (χ2v) is 10.2. The van der Waals surface area contributed by atoms with Crippen molar-refractivity contribution in [2.75, 3.05) is 5.32 Å². The predicted molar refractivity (Wildman–Crippen MR) is 146 cm³/mol. The number of thiophene rings is 1. The molecule has 2 aromatic heterocycles. The van der Waals surface area contributed by atoms with Crippen molar-refractivity contribution >= 4 is 42.9 Å². The maximum absolute atomic E-state index is 4.67. The molecule has 0 fully saturated rings. The van der Waals surface area contributed by atoms with E-state index in [0.29, 0.717) is 0 Å². The number of fused-ring (bicyclic) bond motifs is 9. The van der Waals surface area contributed by atoms with Crippen LogP contribution in [0, 0.1) is 13.8 Å². The van der Waals surface area contributed by atoms with Crippen LogP contribution in [0.25, 0.3) is 53.7 Å². The van der Waals surface area contributed by atoms with Crippen molar-refractivity contribution in [1.29, 1.82) is 0 Å². The minimum absolute atomic E-state index is 0.996. The fourth-order valence-corrected chi connectivity index (χ4v) is 6.26. The molecule has 7 rings (SSSR count). The molecule has 0 amide bonds. The summed E-state index contributed by atoms with van der Waals surface area (Å²) >= 11 is 1.87. The van der Waals surface area contributed by atoms with Crippen LogP contribution in [-0.4, -0.2) is 4.98 Å². The van der Waals surface area contributed by atoms with Crippen molar-refractivity contribution in [2.45, 2.75) is 13.8 Å². The first-order valence-electron chi connectivity index (χ1n) is 11.6. The van der Waals surface area contributed by atoms with Gasteiger partial charge in [0.1, 0.15) is 0 Å². The number of pyridine rings is 1. The maximum Gasteiger partial charge on any atom is 0.0702 e. The van der Waals surface area contributed by atoms with Crippen LogP contribution < -0.4 is 5.32 Å². The predicted octanol–water partition coefficient (Wildman–Crippen LogP) is 9.12. The number of rotatable bonds is 1. The molecule has 4 aromatic carbocycles.